The highest BCUT2D eigenvalue weighted by Crippen LogP contribution is 2.15. The molecule has 2 atom stereocenters. The molecule has 0 saturated carbocycles. The summed E-state index contributed by atoms with van der Waals surface area (Å²) in [6, 6.07) is 0.523. The Labute approximate surface area is 45.5 Å². The molecule has 7 heavy (non-hydrogen) atoms. The minimum absolute atomic E-state index is 0.523. The predicted molar refractivity (Wildman–Crippen MR) is 32.1 cm³/mol. The summed E-state index contributed by atoms with van der Waals surface area (Å²) in [6.07, 6.45) is 3.03. The zero-order chi connectivity index (χ0) is 5.28. The Morgan fingerprint density at radius 2 is 2.29 bits per heavy atom. The predicted octanol–water partition coefficient (Wildman–Crippen LogP) is 0.144. The van der Waals surface area contributed by atoms with Crippen molar-refractivity contribution in [2.24, 2.45) is 0 Å². The lowest BCUT2D eigenvalue weighted by Crippen LogP contribution is -2.06. The van der Waals surface area contributed by atoms with Gasteiger partial charge in [0.15, 0.2) is 0 Å². The van der Waals surface area contributed by atoms with Crippen LogP contribution < -0.4 is 0 Å². The van der Waals surface area contributed by atoms with Gasteiger partial charge < -0.3 is 4.74 Å². The summed E-state index contributed by atoms with van der Waals surface area (Å²) in [5.74, 6) is 0. The van der Waals surface area contributed by atoms with Crippen molar-refractivity contribution >= 4 is 7.85 Å². The maximum absolute atomic E-state index is 5.36. The van der Waals surface area contributed by atoms with Gasteiger partial charge in [-0.1, -0.05) is 0 Å². The molecule has 2 heteroatoms. The van der Waals surface area contributed by atoms with Gasteiger partial charge in [-0.15, -0.1) is 0 Å². The zero-order valence-electron chi connectivity index (χ0n) is 4.98. The molecule has 0 aromatic rings. The van der Waals surface area contributed by atoms with Gasteiger partial charge in [0.05, 0.1) is 6.10 Å². The molecule has 0 spiro atoms. The van der Waals surface area contributed by atoms with Gasteiger partial charge in [0, 0.05) is 6.00 Å². The van der Waals surface area contributed by atoms with E-state index in [1.165, 1.54) is 12.8 Å². The second-order valence-electron chi connectivity index (χ2n) is 2.33. The Kier molecular flexibility index (Phi) is 1.38. The van der Waals surface area contributed by atoms with Gasteiger partial charge in [-0.3, -0.25) is 0 Å². The van der Waals surface area contributed by atoms with Crippen molar-refractivity contribution in [3.63, 3.8) is 0 Å². The Balaban J connectivity index is 2.26. The molecular formula is C5H11BO. The average Bonchev–Trinajstić information content (AvgIpc) is 1.87. The van der Waals surface area contributed by atoms with E-state index < -0.39 is 0 Å². The molecular weight excluding hydrogens is 86.9 g/mol. The molecule has 0 aromatic carbocycles. The van der Waals surface area contributed by atoms with E-state index in [1.54, 1.807) is 0 Å². The molecule has 0 unspecified atom stereocenters. The summed E-state index contributed by atoms with van der Waals surface area (Å²) in [5.41, 5.74) is 0. The monoisotopic (exact) mass is 98.1 g/mol. The van der Waals surface area contributed by atoms with Crippen molar-refractivity contribution in [1.29, 1.82) is 0 Å². The van der Waals surface area contributed by atoms with E-state index >= 15 is 0 Å². The van der Waals surface area contributed by atoms with Crippen LogP contribution in [0.3, 0.4) is 0 Å². The molecule has 0 radical (unpaired) electrons. The van der Waals surface area contributed by atoms with Crippen LogP contribution in [0.1, 0.15) is 19.8 Å². The third-order valence-corrected chi connectivity index (χ3v) is 1.44. The molecule has 1 nitrogen and oxygen atoms in total. The normalized spacial score (nSPS) is 41.9. The van der Waals surface area contributed by atoms with E-state index in [0.717, 1.165) is 0 Å². The van der Waals surface area contributed by atoms with Gasteiger partial charge in [0.25, 0.3) is 0 Å². The highest BCUT2D eigenvalue weighted by atomic mass is 16.5. The number of rotatable bonds is 0. The minimum Gasteiger partial charge on any atom is -0.384 e. The Bertz CT molecular complexity index is 57.1. The zero-order valence-corrected chi connectivity index (χ0v) is 4.98. The van der Waals surface area contributed by atoms with Gasteiger partial charge in [0.2, 0.25) is 0 Å². The van der Waals surface area contributed by atoms with Crippen molar-refractivity contribution in [2.45, 2.75) is 31.9 Å². The van der Waals surface area contributed by atoms with Gasteiger partial charge >= 0.3 is 0 Å². The first-order valence-electron chi connectivity index (χ1n) is 2.94. The summed E-state index contributed by atoms with van der Waals surface area (Å²) < 4.78 is 5.36. The van der Waals surface area contributed by atoms with E-state index in [9.17, 15) is 0 Å². The Morgan fingerprint density at radius 3 is 2.43 bits per heavy atom. The summed E-state index contributed by atoms with van der Waals surface area (Å²) in [4.78, 5) is 0. The quantitative estimate of drug-likeness (QED) is 0.391. The van der Waals surface area contributed by atoms with E-state index in [2.05, 4.69) is 14.8 Å². The topological polar surface area (TPSA) is 9.23 Å². The minimum atomic E-state index is 0.523. The first-order chi connectivity index (χ1) is 3.29. The number of ether oxygens (including phenoxy) is 1. The summed E-state index contributed by atoms with van der Waals surface area (Å²) in [7, 11) is 2.13. The van der Waals surface area contributed by atoms with E-state index in [0.29, 0.717) is 12.1 Å². The van der Waals surface area contributed by atoms with Crippen molar-refractivity contribution in [3.05, 3.63) is 0 Å². The first kappa shape index (κ1) is 5.17. The lowest BCUT2D eigenvalue weighted by Gasteiger charge is -2.01. The van der Waals surface area contributed by atoms with Crippen LogP contribution in [0.4, 0.5) is 0 Å². The van der Waals surface area contributed by atoms with Gasteiger partial charge in [0.1, 0.15) is 7.85 Å². The smallest absolute Gasteiger partial charge is 0.139 e. The van der Waals surface area contributed by atoms with Crippen LogP contribution in [-0.2, 0) is 4.74 Å². The molecule has 1 aliphatic rings. The van der Waals surface area contributed by atoms with Crippen LogP contribution in [0.2, 0.25) is 0 Å². The molecule has 0 bridgehead atoms. The van der Waals surface area contributed by atoms with Gasteiger partial charge in [-0.05, 0) is 19.8 Å². The van der Waals surface area contributed by atoms with E-state index in [1.807, 2.05) is 0 Å². The summed E-state index contributed by atoms with van der Waals surface area (Å²) >= 11 is 0. The van der Waals surface area contributed by atoms with Crippen molar-refractivity contribution in [3.8, 4) is 0 Å². The molecule has 1 saturated heterocycles. The van der Waals surface area contributed by atoms with Crippen LogP contribution in [0.5, 0.6) is 0 Å². The van der Waals surface area contributed by atoms with Crippen molar-refractivity contribution in [2.75, 3.05) is 0 Å². The maximum Gasteiger partial charge on any atom is 0.139 e. The highest BCUT2D eigenvalue weighted by Gasteiger charge is 2.16. The molecule has 0 amide bonds. The fraction of sp³-hybridized carbons (Fsp3) is 1.00. The maximum atomic E-state index is 5.36. The molecule has 1 rings (SSSR count). The second kappa shape index (κ2) is 1.87. The standard InChI is InChI=1S/C5H11BO/c1-4-2-3-5(6)7-4/h4-5H,2-3,6H2,1H3/t4-,5-/m1/s1. The SMILES string of the molecule is B[C@H]1CC[C@@H](C)O1. The lowest BCUT2D eigenvalue weighted by molar-refractivity contribution is 0.101. The number of hydrogen-bond acceptors (Lipinski definition) is 1. The third kappa shape index (κ3) is 1.20. The van der Waals surface area contributed by atoms with E-state index in [4.69, 9.17) is 4.74 Å². The number of hydrogen-bond donors (Lipinski definition) is 0. The summed E-state index contributed by atoms with van der Waals surface area (Å²) in [6.45, 7) is 2.13. The molecule has 40 valence electrons. The average molecular weight is 98.0 g/mol. The fourth-order valence-corrected chi connectivity index (χ4v) is 1.00. The van der Waals surface area contributed by atoms with Crippen LogP contribution >= 0.6 is 0 Å². The highest BCUT2D eigenvalue weighted by molar-refractivity contribution is 6.11. The van der Waals surface area contributed by atoms with Gasteiger partial charge in [-0.2, -0.15) is 0 Å². The van der Waals surface area contributed by atoms with Gasteiger partial charge in [-0.25, -0.2) is 0 Å². The molecule has 1 heterocycles. The molecule has 1 fully saturated rings. The van der Waals surface area contributed by atoms with Crippen molar-refractivity contribution < 1.29 is 4.74 Å². The Hall–Kier alpha value is 0.0249. The fourth-order valence-electron chi connectivity index (χ4n) is 1.00. The van der Waals surface area contributed by atoms with Crippen LogP contribution in [0.15, 0.2) is 0 Å². The van der Waals surface area contributed by atoms with Crippen LogP contribution in [-0.4, -0.2) is 20.0 Å². The summed E-state index contributed by atoms with van der Waals surface area (Å²) in [5, 5.41) is 0. The molecule has 1 aliphatic heterocycles. The lowest BCUT2D eigenvalue weighted by atomic mass is 9.97. The molecule has 0 aliphatic carbocycles. The van der Waals surface area contributed by atoms with Crippen LogP contribution in [0, 0.1) is 0 Å². The molecule has 0 N–H and O–H groups in total. The second-order valence-corrected chi connectivity index (χ2v) is 2.33. The first-order valence-corrected chi connectivity index (χ1v) is 2.94. The van der Waals surface area contributed by atoms with E-state index in [-0.39, 0.29) is 0 Å². The van der Waals surface area contributed by atoms with Crippen molar-refractivity contribution in [1.82, 2.24) is 0 Å². The third-order valence-electron chi connectivity index (χ3n) is 1.44. The molecule has 0 aromatic heterocycles. The van der Waals surface area contributed by atoms with Crippen LogP contribution in [0.25, 0.3) is 0 Å². The Morgan fingerprint density at radius 1 is 1.57 bits per heavy atom. The largest absolute Gasteiger partial charge is 0.384 e.